The van der Waals surface area contributed by atoms with Crippen molar-refractivity contribution in [1.29, 1.82) is 0 Å². The van der Waals surface area contributed by atoms with Crippen molar-refractivity contribution >= 4 is 17.4 Å². The van der Waals surface area contributed by atoms with Gasteiger partial charge in [-0.2, -0.15) is 0 Å². The van der Waals surface area contributed by atoms with Gasteiger partial charge in [0.2, 0.25) is 0 Å². The van der Waals surface area contributed by atoms with Crippen molar-refractivity contribution in [3.63, 3.8) is 0 Å². The number of rotatable bonds is 5. The Labute approximate surface area is 143 Å². The van der Waals surface area contributed by atoms with Gasteiger partial charge in [0.1, 0.15) is 10.6 Å². The van der Waals surface area contributed by atoms with Crippen LogP contribution in [0.5, 0.6) is 0 Å². The first-order valence-electron chi connectivity index (χ1n) is 8.43. The normalized spacial score (nSPS) is 18.0. The lowest BCUT2D eigenvalue weighted by atomic mass is 9.91. The van der Waals surface area contributed by atoms with Crippen LogP contribution in [0.15, 0.2) is 11.6 Å². The fourth-order valence-corrected chi connectivity index (χ4v) is 3.43. The number of hydrogen-bond acceptors (Lipinski definition) is 5. The standard InChI is InChI=1S/C17H29N3O2S/c1-13(19-12-15-18-7-10-23-15)11-14-5-8-20(9-6-14)16(21)22-17(2,3)4/h7,10,13-14,19H,5-6,8-9,11-12H2,1-4H3. The second kappa shape index (κ2) is 8.11. The molecular weight excluding hydrogens is 310 g/mol. The predicted octanol–water partition coefficient (Wildman–Crippen LogP) is 3.66. The minimum absolute atomic E-state index is 0.175. The molecule has 1 unspecified atom stereocenters. The lowest BCUT2D eigenvalue weighted by Gasteiger charge is -2.34. The Hall–Kier alpha value is -1.14. The lowest BCUT2D eigenvalue weighted by Crippen LogP contribution is -2.42. The molecule has 0 saturated carbocycles. The summed E-state index contributed by atoms with van der Waals surface area (Å²) in [6, 6.07) is 0.469. The topological polar surface area (TPSA) is 54.5 Å². The molecule has 1 aromatic heterocycles. The number of aromatic nitrogens is 1. The Morgan fingerprint density at radius 2 is 2.17 bits per heavy atom. The third-order valence-electron chi connectivity index (χ3n) is 4.04. The second-order valence-electron chi connectivity index (χ2n) is 7.35. The Morgan fingerprint density at radius 3 is 2.74 bits per heavy atom. The summed E-state index contributed by atoms with van der Waals surface area (Å²) in [6.45, 7) is 10.4. The predicted molar refractivity (Wildman–Crippen MR) is 93.6 cm³/mol. The fraction of sp³-hybridized carbons (Fsp3) is 0.765. The number of nitrogens with one attached hydrogen (secondary N) is 1. The van der Waals surface area contributed by atoms with Gasteiger partial charge in [-0.15, -0.1) is 11.3 Å². The summed E-state index contributed by atoms with van der Waals surface area (Å²) in [6.07, 6.45) is 4.93. The van der Waals surface area contributed by atoms with Crippen LogP contribution in [0.1, 0.15) is 52.0 Å². The van der Waals surface area contributed by atoms with Crippen molar-refractivity contribution in [2.45, 2.75) is 65.1 Å². The van der Waals surface area contributed by atoms with E-state index >= 15 is 0 Å². The molecule has 1 amide bonds. The quantitative estimate of drug-likeness (QED) is 0.889. The van der Waals surface area contributed by atoms with E-state index in [4.69, 9.17) is 4.74 Å². The van der Waals surface area contributed by atoms with E-state index in [9.17, 15) is 4.79 Å². The summed E-state index contributed by atoms with van der Waals surface area (Å²) >= 11 is 1.69. The van der Waals surface area contributed by atoms with Crippen LogP contribution >= 0.6 is 11.3 Å². The number of thiazole rings is 1. The van der Waals surface area contributed by atoms with Crippen molar-refractivity contribution in [3.8, 4) is 0 Å². The summed E-state index contributed by atoms with van der Waals surface area (Å²) in [7, 11) is 0. The van der Waals surface area contributed by atoms with Gasteiger partial charge in [0.15, 0.2) is 0 Å². The number of carbonyl (C=O) groups is 1. The number of ether oxygens (including phenoxy) is 1. The van der Waals surface area contributed by atoms with Gasteiger partial charge in [-0.1, -0.05) is 0 Å². The van der Waals surface area contributed by atoms with Gasteiger partial charge in [-0.25, -0.2) is 9.78 Å². The molecule has 1 aliphatic rings. The van der Waals surface area contributed by atoms with Crippen LogP contribution in [0.4, 0.5) is 4.79 Å². The van der Waals surface area contributed by atoms with Gasteiger partial charge >= 0.3 is 6.09 Å². The van der Waals surface area contributed by atoms with Gasteiger partial charge in [0.05, 0.1) is 0 Å². The number of hydrogen-bond donors (Lipinski definition) is 1. The van der Waals surface area contributed by atoms with E-state index in [1.54, 1.807) is 11.3 Å². The summed E-state index contributed by atoms with van der Waals surface area (Å²) in [5.74, 6) is 0.674. The van der Waals surface area contributed by atoms with Crippen LogP contribution in [-0.4, -0.2) is 40.7 Å². The van der Waals surface area contributed by atoms with Crippen molar-refractivity contribution < 1.29 is 9.53 Å². The van der Waals surface area contributed by atoms with Crippen LogP contribution in [0.3, 0.4) is 0 Å². The van der Waals surface area contributed by atoms with Crippen LogP contribution in [-0.2, 0) is 11.3 Å². The summed E-state index contributed by atoms with van der Waals surface area (Å²) in [4.78, 5) is 18.2. The highest BCUT2D eigenvalue weighted by Crippen LogP contribution is 2.23. The second-order valence-corrected chi connectivity index (χ2v) is 8.33. The molecular formula is C17H29N3O2S. The van der Waals surface area contributed by atoms with Crippen molar-refractivity contribution in [3.05, 3.63) is 16.6 Å². The van der Waals surface area contributed by atoms with Gasteiger partial charge in [0.25, 0.3) is 0 Å². The summed E-state index contributed by atoms with van der Waals surface area (Å²) in [5, 5.41) is 6.68. The van der Waals surface area contributed by atoms with Crippen LogP contribution in [0, 0.1) is 5.92 Å². The van der Waals surface area contributed by atoms with Crippen molar-refractivity contribution in [1.82, 2.24) is 15.2 Å². The third-order valence-corrected chi connectivity index (χ3v) is 4.82. The maximum absolute atomic E-state index is 12.1. The van der Waals surface area contributed by atoms with Gasteiger partial charge in [-0.05, 0) is 52.9 Å². The molecule has 6 heteroatoms. The molecule has 0 aliphatic carbocycles. The SMILES string of the molecule is CC(CC1CCN(C(=O)OC(C)(C)C)CC1)NCc1nccs1. The molecule has 1 aromatic rings. The lowest BCUT2D eigenvalue weighted by molar-refractivity contribution is 0.0178. The largest absolute Gasteiger partial charge is 0.444 e. The van der Waals surface area contributed by atoms with Gasteiger partial charge < -0.3 is 15.0 Å². The number of nitrogens with zero attached hydrogens (tertiary/aromatic N) is 2. The molecule has 0 spiro atoms. The smallest absolute Gasteiger partial charge is 0.410 e. The van der Waals surface area contributed by atoms with Gasteiger partial charge in [0, 0.05) is 37.3 Å². The number of likely N-dealkylation sites (tertiary alicyclic amines) is 1. The molecule has 5 nitrogen and oxygen atoms in total. The molecule has 1 atom stereocenters. The Balaban J connectivity index is 1.67. The first-order chi connectivity index (χ1) is 10.8. The minimum atomic E-state index is -0.414. The molecule has 1 aliphatic heterocycles. The van der Waals surface area contributed by atoms with Crippen LogP contribution < -0.4 is 5.32 Å². The maximum atomic E-state index is 12.1. The van der Waals surface area contributed by atoms with E-state index in [0.717, 1.165) is 43.9 Å². The molecule has 1 N–H and O–H groups in total. The highest BCUT2D eigenvalue weighted by molar-refractivity contribution is 7.09. The highest BCUT2D eigenvalue weighted by Gasteiger charge is 2.27. The molecule has 0 aromatic carbocycles. The average Bonchev–Trinajstić information content (AvgIpc) is 2.97. The van der Waals surface area contributed by atoms with Crippen molar-refractivity contribution in [2.24, 2.45) is 5.92 Å². The van der Waals surface area contributed by atoms with E-state index in [1.165, 1.54) is 0 Å². The number of piperidine rings is 1. The van der Waals surface area contributed by atoms with E-state index in [0.29, 0.717) is 12.0 Å². The Bertz CT molecular complexity index is 477. The zero-order valence-electron chi connectivity index (χ0n) is 14.7. The molecule has 23 heavy (non-hydrogen) atoms. The van der Waals surface area contributed by atoms with E-state index < -0.39 is 5.60 Å². The zero-order chi connectivity index (χ0) is 16.9. The monoisotopic (exact) mass is 339 g/mol. The van der Waals surface area contributed by atoms with E-state index in [2.05, 4.69) is 17.2 Å². The summed E-state index contributed by atoms with van der Waals surface area (Å²) < 4.78 is 5.44. The molecule has 0 radical (unpaired) electrons. The zero-order valence-corrected chi connectivity index (χ0v) is 15.5. The number of carbonyl (C=O) groups excluding carboxylic acids is 1. The fourth-order valence-electron chi connectivity index (χ4n) is 2.86. The Kier molecular flexibility index (Phi) is 6.41. The van der Waals surface area contributed by atoms with Gasteiger partial charge in [-0.3, -0.25) is 0 Å². The first kappa shape index (κ1) is 18.2. The molecule has 130 valence electrons. The third kappa shape index (κ3) is 6.47. The Morgan fingerprint density at radius 1 is 1.48 bits per heavy atom. The minimum Gasteiger partial charge on any atom is -0.444 e. The summed E-state index contributed by atoms with van der Waals surface area (Å²) in [5.41, 5.74) is -0.414. The van der Waals surface area contributed by atoms with E-state index in [1.807, 2.05) is 37.2 Å². The van der Waals surface area contributed by atoms with Crippen LogP contribution in [0.2, 0.25) is 0 Å². The van der Waals surface area contributed by atoms with E-state index in [-0.39, 0.29) is 6.09 Å². The van der Waals surface area contributed by atoms with Crippen LogP contribution in [0.25, 0.3) is 0 Å². The highest BCUT2D eigenvalue weighted by atomic mass is 32.1. The molecule has 0 bridgehead atoms. The first-order valence-corrected chi connectivity index (χ1v) is 9.31. The maximum Gasteiger partial charge on any atom is 0.410 e. The number of amides is 1. The average molecular weight is 340 g/mol. The molecule has 1 fully saturated rings. The molecule has 2 heterocycles. The molecule has 2 rings (SSSR count). The van der Waals surface area contributed by atoms with Crippen molar-refractivity contribution in [2.75, 3.05) is 13.1 Å². The molecule has 1 saturated heterocycles.